The van der Waals surface area contributed by atoms with Gasteiger partial charge in [-0.15, -0.1) is 0 Å². The molecule has 0 aliphatic carbocycles. The summed E-state index contributed by atoms with van der Waals surface area (Å²) in [7, 11) is 0. The Morgan fingerprint density at radius 2 is 1.49 bits per heavy atom. The summed E-state index contributed by atoms with van der Waals surface area (Å²) < 4.78 is 1.78. The van der Waals surface area contributed by atoms with E-state index in [1.165, 1.54) is 0 Å². The standard InChI is InChI=1S/C30H27ClN4O2/c31-25-16-14-22(15-17-25)28-24(21-35(33-28)26-12-6-2-7-13-26)20-27(30(37)34-18-8-3-9-19-34)32-29(36)23-10-4-1-5-11-23/h1-2,4-7,10-17,20-21H,3,8-9,18-19H2,(H,32,36)/b27-20-. The Hall–Kier alpha value is -4.16. The Labute approximate surface area is 221 Å². The molecule has 0 saturated carbocycles. The predicted octanol–water partition coefficient (Wildman–Crippen LogP) is 5.98. The summed E-state index contributed by atoms with van der Waals surface area (Å²) in [5.74, 6) is -0.529. The molecule has 0 spiro atoms. The van der Waals surface area contributed by atoms with Crippen molar-refractivity contribution >= 4 is 29.5 Å². The summed E-state index contributed by atoms with van der Waals surface area (Å²) in [4.78, 5) is 28.5. The van der Waals surface area contributed by atoms with Crippen molar-refractivity contribution in [3.05, 3.63) is 113 Å². The third-order valence-electron chi connectivity index (χ3n) is 6.34. The number of aromatic nitrogens is 2. The van der Waals surface area contributed by atoms with Gasteiger partial charge in [0, 0.05) is 41.0 Å². The molecule has 186 valence electrons. The molecule has 1 fully saturated rings. The smallest absolute Gasteiger partial charge is 0.270 e. The maximum absolute atomic E-state index is 13.6. The number of carbonyl (C=O) groups excluding carboxylic acids is 2. The van der Waals surface area contributed by atoms with E-state index in [9.17, 15) is 9.59 Å². The largest absolute Gasteiger partial charge is 0.337 e. The first kappa shape index (κ1) is 24.5. The minimum absolute atomic E-state index is 0.196. The van der Waals surface area contributed by atoms with Gasteiger partial charge in [-0.25, -0.2) is 4.68 Å². The molecule has 1 saturated heterocycles. The lowest BCUT2D eigenvalue weighted by Gasteiger charge is -2.27. The van der Waals surface area contributed by atoms with Gasteiger partial charge in [-0.2, -0.15) is 5.10 Å². The van der Waals surface area contributed by atoms with Crippen LogP contribution in [0.15, 0.2) is 96.8 Å². The Morgan fingerprint density at radius 3 is 2.16 bits per heavy atom. The fourth-order valence-electron chi connectivity index (χ4n) is 4.40. The van der Waals surface area contributed by atoms with Crippen molar-refractivity contribution in [3.8, 4) is 16.9 Å². The molecule has 1 N–H and O–H groups in total. The van der Waals surface area contributed by atoms with E-state index in [1.54, 1.807) is 35.0 Å². The number of halogens is 1. The molecule has 6 nitrogen and oxygen atoms in total. The SMILES string of the molecule is O=C(N/C(=C\c1cn(-c2ccccc2)nc1-c1ccc(Cl)cc1)C(=O)N1CCCCC1)c1ccccc1. The molecular weight excluding hydrogens is 484 g/mol. The summed E-state index contributed by atoms with van der Waals surface area (Å²) in [5, 5.41) is 8.35. The second-order valence-corrected chi connectivity index (χ2v) is 9.39. The number of carbonyl (C=O) groups is 2. The Morgan fingerprint density at radius 1 is 0.838 bits per heavy atom. The number of likely N-dealkylation sites (tertiary alicyclic amines) is 1. The Balaban J connectivity index is 1.59. The second-order valence-electron chi connectivity index (χ2n) is 8.95. The van der Waals surface area contributed by atoms with Gasteiger partial charge in [0.25, 0.3) is 11.8 Å². The number of para-hydroxylation sites is 1. The molecule has 0 unspecified atom stereocenters. The number of hydrogen-bond acceptors (Lipinski definition) is 3. The molecule has 2 amide bonds. The third-order valence-corrected chi connectivity index (χ3v) is 6.59. The van der Waals surface area contributed by atoms with E-state index in [0.717, 1.165) is 30.5 Å². The molecule has 3 aromatic carbocycles. The molecule has 4 aromatic rings. The molecular formula is C30H27ClN4O2. The van der Waals surface area contributed by atoms with Gasteiger partial charge in [0.1, 0.15) is 11.4 Å². The summed E-state index contributed by atoms with van der Waals surface area (Å²) in [6, 6.07) is 26.1. The molecule has 1 aromatic heterocycles. The van der Waals surface area contributed by atoms with Gasteiger partial charge in [-0.3, -0.25) is 9.59 Å². The number of rotatable bonds is 6. The lowest BCUT2D eigenvalue weighted by atomic mass is 10.1. The van der Waals surface area contributed by atoms with Gasteiger partial charge in [-0.1, -0.05) is 60.1 Å². The zero-order valence-corrected chi connectivity index (χ0v) is 21.1. The van der Waals surface area contributed by atoms with E-state index in [4.69, 9.17) is 16.7 Å². The van der Waals surface area contributed by atoms with Crippen LogP contribution in [0.2, 0.25) is 5.02 Å². The van der Waals surface area contributed by atoms with E-state index in [2.05, 4.69) is 5.32 Å². The van der Waals surface area contributed by atoms with Crippen LogP contribution in [0.25, 0.3) is 23.0 Å². The van der Waals surface area contributed by atoms with Crippen molar-refractivity contribution < 1.29 is 9.59 Å². The first-order chi connectivity index (χ1) is 18.1. The van der Waals surface area contributed by atoms with Gasteiger partial charge >= 0.3 is 0 Å². The fourth-order valence-corrected chi connectivity index (χ4v) is 4.52. The average molecular weight is 511 g/mol. The van der Waals surface area contributed by atoms with Crippen LogP contribution in [0.3, 0.4) is 0 Å². The predicted molar refractivity (Wildman–Crippen MR) is 146 cm³/mol. The molecule has 5 rings (SSSR count). The van der Waals surface area contributed by atoms with Crippen LogP contribution in [0.4, 0.5) is 0 Å². The van der Waals surface area contributed by atoms with E-state index in [-0.39, 0.29) is 17.5 Å². The number of amides is 2. The zero-order chi connectivity index (χ0) is 25.6. The number of nitrogens with one attached hydrogen (secondary N) is 1. The first-order valence-corrected chi connectivity index (χ1v) is 12.7. The van der Waals surface area contributed by atoms with E-state index >= 15 is 0 Å². The molecule has 0 bridgehead atoms. The molecule has 1 aliphatic heterocycles. The summed E-state index contributed by atoms with van der Waals surface area (Å²) in [6.45, 7) is 1.34. The monoisotopic (exact) mass is 510 g/mol. The topological polar surface area (TPSA) is 67.2 Å². The van der Waals surface area contributed by atoms with Crippen molar-refractivity contribution in [2.45, 2.75) is 19.3 Å². The molecule has 1 aliphatic rings. The number of hydrogen-bond donors (Lipinski definition) is 1. The lowest BCUT2D eigenvalue weighted by molar-refractivity contribution is -0.128. The maximum atomic E-state index is 13.6. The summed E-state index contributed by atoms with van der Waals surface area (Å²) in [5.41, 5.74) is 3.83. The van der Waals surface area contributed by atoms with Gasteiger partial charge < -0.3 is 10.2 Å². The van der Waals surface area contributed by atoms with E-state index < -0.39 is 0 Å². The van der Waals surface area contributed by atoms with Crippen LogP contribution < -0.4 is 5.32 Å². The quantitative estimate of drug-likeness (QED) is 0.325. The van der Waals surface area contributed by atoms with Crippen molar-refractivity contribution in [1.29, 1.82) is 0 Å². The third kappa shape index (κ3) is 5.81. The van der Waals surface area contributed by atoms with Gasteiger partial charge in [0.15, 0.2) is 0 Å². The summed E-state index contributed by atoms with van der Waals surface area (Å²) >= 11 is 6.13. The van der Waals surface area contributed by atoms with Gasteiger partial charge in [0.05, 0.1) is 5.69 Å². The van der Waals surface area contributed by atoms with Crippen LogP contribution in [0, 0.1) is 0 Å². The molecule has 37 heavy (non-hydrogen) atoms. The molecule has 0 atom stereocenters. The van der Waals surface area contributed by atoms with Gasteiger partial charge in [-0.05, 0) is 61.7 Å². The van der Waals surface area contributed by atoms with E-state index in [1.807, 2.05) is 71.8 Å². The summed E-state index contributed by atoms with van der Waals surface area (Å²) in [6.07, 6.45) is 6.61. The highest BCUT2D eigenvalue weighted by Crippen LogP contribution is 2.27. The van der Waals surface area contributed by atoms with Crippen LogP contribution >= 0.6 is 11.6 Å². The van der Waals surface area contributed by atoms with Crippen molar-refractivity contribution in [1.82, 2.24) is 20.0 Å². The fraction of sp³-hybridized carbons (Fsp3) is 0.167. The number of piperidine rings is 1. The van der Waals surface area contributed by atoms with E-state index in [0.29, 0.717) is 34.9 Å². The Kier molecular flexibility index (Phi) is 7.47. The first-order valence-electron chi connectivity index (χ1n) is 12.4. The maximum Gasteiger partial charge on any atom is 0.270 e. The van der Waals surface area contributed by atoms with Crippen LogP contribution in [-0.2, 0) is 4.79 Å². The highest BCUT2D eigenvalue weighted by molar-refractivity contribution is 6.30. The minimum Gasteiger partial charge on any atom is -0.337 e. The Bertz CT molecular complexity index is 1410. The van der Waals surface area contributed by atoms with Crippen molar-refractivity contribution in [3.63, 3.8) is 0 Å². The number of benzene rings is 3. The average Bonchev–Trinajstić information content (AvgIpc) is 3.38. The van der Waals surface area contributed by atoms with Crippen molar-refractivity contribution in [2.75, 3.05) is 13.1 Å². The minimum atomic E-state index is -0.333. The van der Waals surface area contributed by atoms with Crippen LogP contribution in [0.5, 0.6) is 0 Å². The number of nitrogens with zero attached hydrogens (tertiary/aromatic N) is 3. The highest BCUT2D eigenvalue weighted by Gasteiger charge is 2.23. The molecule has 7 heteroatoms. The normalized spacial score (nSPS) is 13.9. The van der Waals surface area contributed by atoms with Crippen LogP contribution in [0.1, 0.15) is 35.2 Å². The highest BCUT2D eigenvalue weighted by atomic mass is 35.5. The van der Waals surface area contributed by atoms with Crippen molar-refractivity contribution in [2.24, 2.45) is 0 Å². The van der Waals surface area contributed by atoms with Crippen LogP contribution in [-0.4, -0.2) is 39.6 Å². The lowest BCUT2D eigenvalue weighted by Crippen LogP contribution is -2.41. The van der Waals surface area contributed by atoms with Gasteiger partial charge in [0.2, 0.25) is 0 Å². The zero-order valence-electron chi connectivity index (χ0n) is 20.3. The second kappa shape index (κ2) is 11.3. The molecule has 2 heterocycles. The molecule has 0 radical (unpaired) electrons.